The van der Waals surface area contributed by atoms with Crippen molar-refractivity contribution in [3.05, 3.63) is 53.7 Å². The fourth-order valence-corrected chi connectivity index (χ4v) is 3.82. The van der Waals surface area contributed by atoms with E-state index in [-0.39, 0.29) is 23.9 Å². The van der Waals surface area contributed by atoms with Gasteiger partial charge in [-0.3, -0.25) is 0 Å². The van der Waals surface area contributed by atoms with Gasteiger partial charge >= 0.3 is 6.09 Å². The number of amides is 1. The maximum Gasteiger partial charge on any atom is 0.407 e. The first kappa shape index (κ1) is 21.1. The van der Waals surface area contributed by atoms with Crippen molar-refractivity contribution in [2.75, 3.05) is 13.2 Å². The molecular weight excluding hydrogens is 392 g/mol. The maximum atomic E-state index is 12.1. The second-order valence-corrected chi connectivity index (χ2v) is 8.50. The van der Waals surface area contributed by atoms with Gasteiger partial charge < -0.3 is 20.5 Å². The number of hydrogen-bond donors (Lipinski definition) is 3. The summed E-state index contributed by atoms with van der Waals surface area (Å²) in [7, 11) is 0. The number of carbonyl (C=O) groups excluding carboxylic acids is 1. The first-order valence-corrected chi connectivity index (χ1v) is 10.6. The lowest BCUT2D eigenvalue weighted by atomic mass is 10.0. The zero-order valence-corrected chi connectivity index (χ0v) is 18.1. The van der Waals surface area contributed by atoms with E-state index >= 15 is 0 Å². The van der Waals surface area contributed by atoms with Crippen molar-refractivity contribution in [3.8, 4) is 17.1 Å². The Morgan fingerprint density at radius 2 is 2.06 bits per heavy atom. The topological polar surface area (TPSA) is 96.4 Å². The number of nitrogens with zero attached hydrogens (tertiary/aromatic N) is 2. The molecule has 2 heterocycles. The quantitative estimate of drug-likeness (QED) is 0.575. The molecule has 2 unspecified atom stereocenters. The Balaban J connectivity index is 1.63. The van der Waals surface area contributed by atoms with Crippen LogP contribution in [-0.2, 0) is 4.74 Å². The monoisotopic (exact) mass is 420 g/mol. The third-order valence-corrected chi connectivity index (χ3v) is 5.36. The van der Waals surface area contributed by atoms with Gasteiger partial charge in [-0.05, 0) is 43.0 Å². The molecule has 162 valence electrons. The van der Waals surface area contributed by atoms with Gasteiger partial charge in [-0.1, -0.05) is 38.1 Å². The van der Waals surface area contributed by atoms with Gasteiger partial charge in [-0.25, -0.2) is 14.8 Å². The number of aromatic hydroxyl groups is 1. The van der Waals surface area contributed by atoms with Gasteiger partial charge in [0.2, 0.25) is 0 Å². The van der Waals surface area contributed by atoms with Crippen LogP contribution < -0.4 is 10.6 Å². The molecular formula is C24H28N4O3. The van der Waals surface area contributed by atoms with Crippen molar-refractivity contribution in [1.29, 1.82) is 0 Å². The van der Waals surface area contributed by atoms with Crippen LogP contribution in [0.4, 0.5) is 4.79 Å². The van der Waals surface area contributed by atoms with Gasteiger partial charge in [0.1, 0.15) is 5.75 Å². The fraction of sp³-hybridized carbons (Fsp3) is 0.375. The molecule has 1 fully saturated rings. The summed E-state index contributed by atoms with van der Waals surface area (Å²) in [5.41, 5.74) is 3.39. The molecule has 1 saturated heterocycles. The number of alkyl carbamates (subject to hydrolysis) is 1. The van der Waals surface area contributed by atoms with Crippen molar-refractivity contribution in [1.82, 2.24) is 20.6 Å². The number of fused-ring (bicyclic) bond motifs is 1. The van der Waals surface area contributed by atoms with E-state index in [0.717, 1.165) is 22.2 Å². The van der Waals surface area contributed by atoms with E-state index in [2.05, 4.69) is 10.6 Å². The number of ether oxygens (including phenoxy) is 1. The van der Waals surface area contributed by atoms with Crippen LogP contribution in [-0.4, -0.2) is 40.4 Å². The SMILES string of the molecule is Cc1ccc2c(C3CC(NC(=O)OCC(C)C)CN3)nc(-c3ccccc3O)nc2c1. The molecule has 0 aliphatic carbocycles. The number of phenolic OH excluding ortho intramolecular Hbond substituents is 1. The lowest BCUT2D eigenvalue weighted by Crippen LogP contribution is -2.37. The predicted molar refractivity (Wildman–Crippen MR) is 120 cm³/mol. The summed E-state index contributed by atoms with van der Waals surface area (Å²) in [5, 5.41) is 17.7. The Hall–Kier alpha value is -3.19. The van der Waals surface area contributed by atoms with Crippen LogP contribution >= 0.6 is 0 Å². The Kier molecular flexibility index (Phi) is 6.04. The van der Waals surface area contributed by atoms with Crippen LogP contribution in [0.5, 0.6) is 5.75 Å². The lowest BCUT2D eigenvalue weighted by Gasteiger charge is -2.16. The van der Waals surface area contributed by atoms with Crippen molar-refractivity contribution in [3.63, 3.8) is 0 Å². The molecule has 0 bridgehead atoms. The molecule has 1 aliphatic rings. The smallest absolute Gasteiger partial charge is 0.407 e. The number of phenols is 1. The number of hydrogen-bond acceptors (Lipinski definition) is 6. The second-order valence-electron chi connectivity index (χ2n) is 8.50. The third kappa shape index (κ3) is 4.77. The number of nitrogens with one attached hydrogen (secondary N) is 2. The van der Waals surface area contributed by atoms with Gasteiger partial charge in [0.15, 0.2) is 5.82 Å². The van der Waals surface area contributed by atoms with Crippen molar-refractivity contribution in [2.45, 2.75) is 39.3 Å². The number of carbonyl (C=O) groups is 1. The number of aryl methyl sites for hydroxylation is 1. The summed E-state index contributed by atoms with van der Waals surface area (Å²) < 4.78 is 5.25. The summed E-state index contributed by atoms with van der Waals surface area (Å²) in [5.74, 6) is 0.928. The zero-order chi connectivity index (χ0) is 22.0. The number of aromatic nitrogens is 2. The molecule has 3 aromatic rings. The minimum absolute atomic E-state index is 0.0475. The molecule has 2 atom stereocenters. The minimum Gasteiger partial charge on any atom is -0.507 e. The Labute approximate surface area is 181 Å². The largest absolute Gasteiger partial charge is 0.507 e. The number of para-hydroxylation sites is 1. The van der Waals surface area contributed by atoms with Crippen LogP contribution in [0.2, 0.25) is 0 Å². The minimum atomic E-state index is -0.390. The normalized spacial score (nSPS) is 18.5. The molecule has 1 aliphatic heterocycles. The van der Waals surface area contributed by atoms with Crippen LogP contribution in [0, 0.1) is 12.8 Å². The molecule has 2 aromatic carbocycles. The second kappa shape index (κ2) is 8.89. The molecule has 1 amide bonds. The van der Waals surface area contributed by atoms with E-state index in [1.165, 1.54) is 0 Å². The van der Waals surface area contributed by atoms with Crippen LogP contribution in [0.25, 0.3) is 22.3 Å². The standard InChI is InChI=1S/C24H28N4O3/c1-14(2)13-31-24(30)26-16-11-20(25-12-16)22-17-9-8-15(3)10-19(17)27-23(28-22)18-6-4-5-7-21(18)29/h4-10,14,16,20,25,29H,11-13H2,1-3H3,(H,26,30). The highest BCUT2D eigenvalue weighted by Gasteiger charge is 2.30. The highest BCUT2D eigenvalue weighted by Crippen LogP contribution is 2.33. The highest BCUT2D eigenvalue weighted by molar-refractivity contribution is 5.84. The summed E-state index contributed by atoms with van der Waals surface area (Å²) in [6.07, 6.45) is 0.302. The van der Waals surface area contributed by atoms with Crippen LogP contribution in [0.3, 0.4) is 0 Å². The van der Waals surface area contributed by atoms with Crippen molar-refractivity contribution in [2.24, 2.45) is 5.92 Å². The molecule has 4 rings (SSSR count). The summed E-state index contributed by atoms with van der Waals surface area (Å²) in [6.45, 7) is 7.06. The van der Waals surface area contributed by atoms with Gasteiger partial charge in [0.25, 0.3) is 0 Å². The highest BCUT2D eigenvalue weighted by atomic mass is 16.5. The van der Waals surface area contributed by atoms with Gasteiger partial charge in [-0.2, -0.15) is 0 Å². The predicted octanol–water partition coefficient (Wildman–Crippen LogP) is 4.10. The van der Waals surface area contributed by atoms with E-state index in [0.29, 0.717) is 36.9 Å². The molecule has 0 saturated carbocycles. The van der Waals surface area contributed by atoms with E-state index < -0.39 is 0 Å². The molecule has 7 nitrogen and oxygen atoms in total. The summed E-state index contributed by atoms with van der Waals surface area (Å²) in [6, 6.07) is 13.1. The van der Waals surface area contributed by atoms with Gasteiger partial charge in [-0.15, -0.1) is 0 Å². The first-order valence-electron chi connectivity index (χ1n) is 10.6. The fourth-order valence-electron chi connectivity index (χ4n) is 3.82. The zero-order valence-electron chi connectivity index (χ0n) is 18.1. The number of benzene rings is 2. The molecule has 7 heteroatoms. The molecule has 0 radical (unpaired) electrons. The molecule has 31 heavy (non-hydrogen) atoms. The van der Waals surface area contributed by atoms with Gasteiger partial charge in [0.05, 0.1) is 29.4 Å². The summed E-state index contributed by atoms with van der Waals surface area (Å²) in [4.78, 5) is 21.6. The van der Waals surface area contributed by atoms with E-state index in [1.807, 2.05) is 51.1 Å². The first-order chi connectivity index (χ1) is 14.9. The Morgan fingerprint density at radius 3 is 2.84 bits per heavy atom. The molecule has 3 N–H and O–H groups in total. The third-order valence-electron chi connectivity index (χ3n) is 5.36. The average molecular weight is 421 g/mol. The van der Waals surface area contributed by atoms with Crippen molar-refractivity contribution < 1.29 is 14.6 Å². The van der Waals surface area contributed by atoms with Gasteiger partial charge in [0, 0.05) is 18.0 Å². The van der Waals surface area contributed by atoms with Crippen LogP contribution in [0.1, 0.15) is 37.6 Å². The average Bonchev–Trinajstić information content (AvgIpc) is 3.19. The van der Waals surface area contributed by atoms with Crippen molar-refractivity contribution >= 4 is 17.0 Å². The number of rotatable bonds is 5. The van der Waals surface area contributed by atoms with E-state index in [4.69, 9.17) is 14.7 Å². The molecule has 1 aromatic heterocycles. The summed E-state index contributed by atoms with van der Waals surface area (Å²) >= 11 is 0. The Bertz CT molecular complexity index is 1100. The Morgan fingerprint density at radius 1 is 1.26 bits per heavy atom. The van der Waals surface area contributed by atoms with E-state index in [1.54, 1.807) is 12.1 Å². The van der Waals surface area contributed by atoms with Crippen LogP contribution in [0.15, 0.2) is 42.5 Å². The maximum absolute atomic E-state index is 12.1. The van der Waals surface area contributed by atoms with E-state index in [9.17, 15) is 9.90 Å². The lowest BCUT2D eigenvalue weighted by molar-refractivity contribution is 0.130. The molecule has 0 spiro atoms.